The summed E-state index contributed by atoms with van der Waals surface area (Å²) in [5.41, 5.74) is 8.38. The number of aromatic amines is 2. The van der Waals surface area contributed by atoms with Crippen LogP contribution in [0.4, 0.5) is 0 Å². The van der Waals surface area contributed by atoms with Crippen molar-refractivity contribution in [1.82, 2.24) is 39.8 Å². The maximum atomic E-state index is 4.93. The highest BCUT2D eigenvalue weighted by Gasteiger charge is 2.16. The number of hydrogen-bond donors (Lipinski definition) is 2. The zero-order chi connectivity index (χ0) is 23.1. The third-order valence-corrected chi connectivity index (χ3v) is 5.75. The van der Waals surface area contributed by atoms with Crippen LogP contribution >= 0.6 is 0 Å². The number of H-pyrrole nitrogens is 2. The summed E-state index contributed by atoms with van der Waals surface area (Å²) in [4.78, 5) is 31.7. The van der Waals surface area contributed by atoms with Gasteiger partial charge in [0, 0.05) is 71.4 Å². The Kier molecular flexibility index (Phi) is 4.85. The van der Waals surface area contributed by atoms with Crippen molar-refractivity contribution in [3.8, 4) is 33.8 Å². The number of nitrogens with one attached hydrogen (secondary N) is 2. The van der Waals surface area contributed by atoms with Crippen molar-refractivity contribution in [2.45, 2.75) is 6.54 Å². The minimum atomic E-state index is 0.755. The molecule has 0 radical (unpaired) electrons. The molecule has 0 aromatic carbocycles. The van der Waals surface area contributed by atoms with E-state index in [0.29, 0.717) is 0 Å². The Morgan fingerprint density at radius 3 is 2.62 bits per heavy atom. The smallest absolute Gasteiger partial charge is 0.140 e. The molecule has 0 aliphatic carbocycles. The summed E-state index contributed by atoms with van der Waals surface area (Å²) in [6.07, 6.45) is 13.0. The van der Waals surface area contributed by atoms with Crippen LogP contribution in [-0.4, -0.2) is 53.9 Å². The van der Waals surface area contributed by atoms with Gasteiger partial charge < -0.3 is 14.9 Å². The first-order chi connectivity index (χ1) is 16.7. The Labute approximate surface area is 195 Å². The van der Waals surface area contributed by atoms with Crippen LogP contribution < -0.4 is 0 Å². The summed E-state index contributed by atoms with van der Waals surface area (Å²) in [5.74, 6) is 0.755. The first-order valence-electron chi connectivity index (χ1n) is 11.0. The number of hydrogen-bond acceptors (Lipinski definition) is 6. The fourth-order valence-corrected chi connectivity index (χ4v) is 4.22. The lowest BCUT2D eigenvalue weighted by molar-refractivity contribution is 0.402. The van der Waals surface area contributed by atoms with E-state index in [-0.39, 0.29) is 0 Å². The lowest BCUT2D eigenvalue weighted by Gasteiger charge is -2.10. The van der Waals surface area contributed by atoms with E-state index in [1.54, 1.807) is 18.6 Å². The highest BCUT2D eigenvalue weighted by molar-refractivity contribution is 5.97. The van der Waals surface area contributed by atoms with Crippen LogP contribution in [0.1, 0.15) is 5.56 Å². The molecule has 0 amide bonds. The molecule has 34 heavy (non-hydrogen) atoms. The predicted molar refractivity (Wildman–Crippen MR) is 133 cm³/mol. The molecule has 0 spiro atoms. The van der Waals surface area contributed by atoms with Gasteiger partial charge in [0.1, 0.15) is 17.0 Å². The van der Waals surface area contributed by atoms with Crippen molar-refractivity contribution < 1.29 is 0 Å². The van der Waals surface area contributed by atoms with Gasteiger partial charge in [0.25, 0.3) is 0 Å². The van der Waals surface area contributed by atoms with Gasteiger partial charge in [-0.1, -0.05) is 6.07 Å². The van der Waals surface area contributed by atoms with Crippen molar-refractivity contribution in [2.24, 2.45) is 0 Å². The topological polar surface area (TPSA) is 99.3 Å². The molecule has 0 unspecified atom stereocenters. The minimum Gasteiger partial charge on any atom is -0.345 e. The fraction of sp³-hybridized carbons (Fsp3) is 0.115. The average molecular weight is 447 g/mol. The number of fused-ring (bicyclic) bond motifs is 2. The van der Waals surface area contributed by atoms with Crippen LogP contribution in [0.5, 0.6) is 0 Å². The number of pyridine rings is 4. The van der Waals surface area contributed by atoms with Crippen molar-refractivity contribution >= 4 is 22.1 Å². The molecule has 8 heteroatoms. The third-order valence-electron chi connectivity index (χ3n) is 5.75. The molecule has 6 aromatic rings. The van der Waals surface area contributed by atoms with E-state index in [9.17, 15) is 0 Å². The van der Waals surface area contributed by atoms with Gasteiger partial charge in [-0.05, 0) is 43.9 Å². The molecule has 6 aromatic heterocycles. The summed E-state index contributed by atoms with van der Waals surface area (Å²) in [6, 6.07) is 10.1. The summed E-state index contributed by atoms with van der Waals surface area (Å²) in [6.45, 7) is 0.831. The summed E-state index contributed by atoms with van der Waals surface area (Å²) >= 11 is 0. The van der Waals surface area contributed by atoms with Gasteiger partial charge in [-0.15, -0.1) is 0 Å². The molecule has 6 heterocycles. The molecule has 0 aliphatic heterocycles. The van der Waals surface area contributed by atoms with E-state index in [2.05, 4.69) is 61.0 Å². The van der Waals surface area contributed by atoms with Crippen molar-refractivity contribution in [3.05, 3.63) is 79.3 Å². The number of nitrogens with zero attached hydrogens (tertiary/aromatic N) is 6. The van der Waals surface area contributed by atoms with Crippen molar-refractivity contribution in [2.75, 3.05) is 14.1 Å². The van der Waals surface area contributed by atoms with E-state index in [1.807, 2.05) is 43.0 Å². The molecule has 0 saturated carbocycles. The summed E-state index contributed by atoms with van der Waals surface area (Å²) < 4.78 is 0. The minimum absolute atomic E-state index is 0.755. The van der Waals surface area contributed by atoms with E-state index < -0.39 is 0 Å². The van der Waals surface area contributed by atoms with Crippen LogP contribution in [0.3, 0.4) is 0 Å². The molecule has 0 aliphatic rings. The SMILES string of the molecule is CN(C)Cc1cncc(-c2cnc3[nH]cc(-c4nc5c(-c6ccccn6)cncc5[nH]4)c3c2)c1. The molecule has 0 saturated heterocycles. The number of aromatic nitrogens is 7. The molecule has 0 atom stereocenters. The molecular formula is C26H22N8. The maximum Gasteiger partial charge on any atom is 0.140 e. The van der Waals surface area contributed by atoms with Crippen LogP contribution in [0.2, 0.25) is 0 Å². The van der Waals surface area contributed by atoms with E-state index in [4.69, 9.17) is 4.98 Å². The lowest BCUT2D eigenvalue weighted by Crippen LogP contribution is -2.10. The maximum absolute atomic E-state index is 4.93. The lowest BCUT2D eigenvalue weighted by atomic mass is 10.1. The van der Waals surface area contributed by atoms with Gasteiger partial charge in [0.2, 0.25) is 0 Å². The molecule has 0 fully saturated rings. The van der Waals surface area contributed by atoms with Crippen molar-refractivity contribution in [3.63, 3.8) is 0 Å². The zero-order valence-corrected chi connectivity index (χ0v) is 18.8. The molecule has 8 nitrogen and oxygen atoms in total. The second-order valence-electron chi connectivity index (χ2n) is 8.53. The molecular weight excluding hydrogens is 424 g/mol. The Bertz CT molecular complexity index is 1610. The third kappa shape index (κ3) is 3.60. The van der Waals surface area contributed by atoms with Crippen LogP contribution in [0, 0.1) is 0 Å². The first-order valence-corrected chi connectivity index (χ1v) is 11.0. The number of imidazole rings is 1. The zero-order valence-electron chi connectivity index (χ0n) is 18.8. The highest BCUT2D eigenvalue weighted by Crippen LogP contribution is 2.32. The standard InChI is InChI=1S/C26H22N8/c1-34(2)15-16-7-17(10-27-9-16)18-8-19-20(13-31-25(19)30-11-18)26-32-23-14-28-12-21(24(23)33-26)22-5-3-4-6-29-22/h3-14H,15H2,1-2H3,(H,30,31)(H,32,33). The van der Waals surface area contributed by atoms with E-state index in [0.717, 1.165) is 67.9 Å². The Hall–Kier alpha value is -4.43. The van der Waals surface area contributed by atoms with E-state index in [1.165, 1.54) is 0 Å². The monoisotopic (exact) mass is 446 g/mol. The second kappa shape index (κ2) is 8.17. The number of rotatable bonds is 5. The van der Waals surface area contributed by atoms with E-state index >= 15 is 0 Å². The van der Waals surface area contributed by atoms with Crippen LogP contribution in [-0.2, 0) is 6.54 Å². The summed E-state index contributed by atoms with van der Waals surface area (Å²) in [7, 11) is 4.10. The van der Waals surface area contributed by atoms with Crippen molar-refractivity contribution in [1.29, 1.82) is 0 Å². The Morgan fingerprint density at radius 1 is 0.882 bits per heavy atom. The average Bonchev–Trinajstić information content (AvgIpc) is 3.48. The van der Waals surface area contributed by atoms with Gasteiger partial charge in [0.05, 0.1) is 17.4 Å². The van der Waals surface area contributed by atoms with Gasteiger partial charge in [-0.25, -0.2) is 9.97 Å². The van der Waals surface area contributed by atoms with Crippen LogP contribution in [0.15, 0.2) is 73.7 Å². The molecule has 0 bridgehead atoms. The Balaban J connectivity index is 1.45. The van der Waals surface area contributed by atoms with Gasteiger partial charge >= 0.3 is 0 Å². The first kappa shape index (κ1) is 20.2. The highest BCUT2D eigenvalue weighted by atomic mass is 15.0. The second-order valence-corrected chi connectivity index (χ2v) is 8.53. The molecule has 166 valence electrons. The normalized spacial score (nSPS) is 11.6. The predicted octanol–water partition coefficient (Wildman–Crippen LogP) is 4.69. The quantitative estimate of drug-likeness (QED) is 0.399. The van der Waals surface area contributed by atoms with Gasteiger partial charge in [0.15, 0.2) is 0 Å². The molecule has 2 N–H and O–H groups in total. The van der Waals surface area contributed by atoms with Gasteiger partial charge in [-0.3, -0.25) is 15.0 Å². The molecule has 6 rings (SSSR count). The summed E-state index contributed by atoms with van der Waals surface area (Å²) in [5, 5.41) is 0.988. The van der Waals surface area contributed by atoms with Crippen LogP contribution in [0.25, 0.3) is 55.8 Å². The van der Waals surface area contributed by atoms with Gasteiger partial charge in [-0.2, -0.15) is 0 Å². The largest absolute Gasteiger partial charge is 0.345 e. The Morgan fingerprint density at radius 2 is 1.76 bits per heavy atom. The fourth-order valence-electron chi connectivity index (χ4n) is 4.22.